The molecule has 7 nitrogen and oxygen atoms in total. The molecule has 0 unspecified atom stereocenters. The molecule has 0 saturated carbocycles. The Morgan fingerprint density at radius 1 is 1.20 bits per heavy atom. The van der Waals surface area contributed by atoms with Crippen LogP contribution in [0.25, 0.3) is 11.3 Å². The number of aromatic nitrogens is 4. The molecule has 3 aromatic rings. The lowest BCUT2D eigenvalue weighted by molar-refractivity contribution is -0.00786. The number of carbonyl (C=O) groups is 1. The number of fused-ring (bicyclic) bond motifs is 4. The minimum Gasteiger partial charge on any atom is -0.480 e. The molecule has 5 rings (SSSR count). The summed E-state index contributed by atoms with van der Waals surface area (Å²) in [6.07, 6.45) is 5.09. The van der Waals surface area contributed by atoms with Crippen LogP contribution in [0.3, 0.4) is 0 Å². The van der Waals surface area contributed by atoms with Gasteiger partial charge in [-0.05, 0) is 24.1 Å². The Balaban J connectivity index is 1.49. The number of nitrogens with zero attached hydrogens (tertiary/aromatic N) is 5. The lowest BCUT2D eigenvalue weighted by atomic mass is 9.83. The average molecular weight is 406 g/mol. The monoisotopic (exact) mass is 405 g/mol. The normalized spacial score (nSPS) is 17.0. The van der Waals surface area contributed by atoms with E-state index in [-0.39, 0.29) is 5.91 Å². The summed E-state index contributed by atoms with van der Waals surface area (Å²) >= 11 is 0. The topological polar surface area (TPSA) is 65.2 Å². The Bertz CT molecular complexity index is 1090. The number of likely N-dealkylation sites (tertiary alicyclic amines) is 1. The van der Waals surface area contributed by atoms with Gasteiger partial charge in [-0.3, -0.25) is 9.48 Å². The summed E-state index contributed by atoms with van der Waals surface area (Å²) in [5, 5.41) is 4.14. The van der Waals surface area contributed by atoms with Crippen molar-refractivity contribution in [3.05, 3.63) is 54.2 Å². The number of ether oxygens (including phenoxy) is 1. The number of amides is 1. The first-order chi connectivity index (χ1) is 14.5. The highest BCUT2D eigenvalue weighted by atomic mass is 16.5. The van der Waals surface area contributed by atoms with Gasteiger partial charge in [0.05, 0.1) is 17.7 Å². The molecule has 1 amide bonds. The maximum atomic E-state index is 13.0. The molecule has 0 N–H and O–H groups in total. The van der Waals surface area contributed by atoms with E-state index in [4.69, 9.17) is 9.72 Å². The van der Waals surface area contributed by atoms with Crippen molar-refractivity contribution >= 4 is 5.91 Å². The van der Waals surface area contributed by atoms with E-state index in [1.807, 2.05) is 29.4 Å². The second-order valence-electron chi connectivity index (χ2n) is 8.71. The van der Waals surface area contributed by atoms with Crippen molar-refractivity contribution in [3.8, 4) is 17.0 Å². The number of para-hydroxylation sites is 1. The van der Waals surface area contributed by atoms with Gasteiger partial charge in [-0.1, -0.05) is 26.0 Å². The van der Waals surface area contributed by atoms with Crippen LogP contribution in [0.5, 0.6) is 5.75 Å². The maximum absolute atomic E-state index is 13.0. The minimum absolute atomic E-state index is 0.0250. The van der Waals surface area contributed by atoms with E-state index in [0.717, 1.165) is 42.1 Å². The smallest absolute Gasteiger partial charge is 0.272 e. The van der Waals surface area contributed by atoms with Gasteiger partial charge >= 0.3 is 0 Å². The number of carbonyl (C=O) groups excluding carboxylic acids is 1. The van der Waals surface area contributed by atoms with Crippen LogP contribution in [0.15, 0.2) is 42.9 Å². The number of aryl methyl sites for hydroxylation is 1. The summed E-state index contributed by atoms with van der Waals surface area (Å²) in [7, 11) is 1.80. The third-order valence-corrected chi connectivity index (χ3v) is 6.18. The first-order valence-electron chi connectivity index (χ1n) is 10.6. The molecule has 0 atom stereocenters. The SMILES string of the molecule is CC(C)Cn1cnc2c1C1(CCN(C(=O)c3ccnn3C)CC1)Oc1ccccc1-2. The van der Waals surface area contributed by atoms with Crippen LogP contribution in [0.1, 0.15) is 42.9 Å². The van der Waals surface area contributed by atoms with E-state index in [1.165, 1.54) is 0 Å². The standard InChI is InChI=1S/C23H27N5O2/c1-16(2)14-28-15-24-20-17-6-4-5-7-19(17)30-23(21(20)28)9-12-27(13-10-23)22(29)18-8-11-25-26(18)3/h4-8,11,15-16H,9-10,12-14H2,1-3H3. The minimum atomic E-state index is -0.460. The predicted octanol–water partition coefficient (Wildman–Crippen LogP) is 3.46. The number of hydrogen-bond donors (Lipinski definition) is 0. The highest BCUT2D eigenvalue weighted by molar-refractivity contribution is 5.92. The molecule has 0 bridgehead atoms. The lowest BCUT2D eigenvalue weighted by Crippen LogP contribution is -2.50. The molecule has 2 aliphatic heterocycles. The molecule has 1 saturated heterocycles. The van der Waals surface area contributed by atoms with Crippen LogP contribution in [0.2, 0.25) is 0 Å². The van der Waals surface area contributed by atoms with Crippen LogP contribution in [0.4, 0.5) is 0 Å². The fourth-order valence-electron chi connectivity index (χ4n) is 4.75. The van der Waals surface area contributed by atoms with Crippen molar-refractivity contribution in [1.29, 1.82) is 0 Å². The number of benzene rings is 1. The second kappa shape index (κ2) is 7.00. The van der Waals surface area contributed by atoms with Crippen LogP contribution in [-0.4, -0.2) is 43.2 Å². The highest BCUT2D eigenvalue weighted by Gasteiger charge is 2.47. The molecule has 156 valence electrons. The molecule has 2 aliphatic rings. The van der Waals surface area contributed by atoms with Gasteiger partial charge in [0.25, 0.3) is 5.91 Å². The van der Waals surface area contributed by atoms with Gasteiger partial charge < -0.3 is 14.2 Å². The number of rotatable bonds is 3. The quantitative estimate of drug-likeness (QED) is 0.669. The van der Waals surface area contributed by atoms with Crippen molar-refractivity contribution in [2.45, 2.75) is 38.8 Å². The van der Waals surface area contributed by atoms with Crippen LogP contribution < -0.4 is 4.74 Å². The Kier molecular flexibility index (Phi) is 4.41. The number of hydrogen-bond acceptors (Lipinski definition) is 4. The zero-order valence-corrected chi connectivity index (χ0v) is 17.7. The van der Waals surface area contributed by atoms with Gasteiger partial charge in [-0.25, -0.2) is 4.98 Å². The van der Waals surface area contributed by atoms with Crippen LogP contribution in [0, 0.1) is 5.92 Å². The first-order valence-corrected chi connectivity index (χ1v) is 10.6. The van der Waals surface area contributed by atoms with E-state index < -0.39 is 5.60 Å². The van der Waals surface area contributed by atoms with Gasteiger partial charge in [0.1, 0.15) is 11.4 Å². The summed E-state index contributed by atoms with van der Waals surface area (Å²) in [6, 6.07) is 9.91. The van der Waals surface area contributed by atoms with Crippen molar-refractivity contribution in [2.24, 2.45) is 13.0 Å². The van der Waals surface area contributed by atoms with E-state index >= 15 is 0 Å². The summed E-state index contributed by atoms with van der Waals surface area (Å²) in [5.41, 5.74) is 3.38. The zero-order valence-electron chi connectivity index (χ0n) is 17.7. The van der Waals surface area contributed by atoms with Crippen molar-refractivity contribution in [2.75, 3.05) is 13.1 Å². The largest absolute Gasteiger partial charge is 0.480 e. The van der Waals surface area contributed by atoms with Gasteiger partial charge in [-0.2, -0.15) is 5.10 Å². The Hall–Kier alpha value is -3.09. The molecular formula is C23H27N5O2. The Morgan fingerprint density at radius 3 is 2.67 bits per heavy atom. The molecular weight excluding hydrogens is 378 g/mol. The van der Waals surface area contributed by atoms with Crippen LogP contribution in [-0.2, 0) is 19.2 Å². The van der Waals surface area contributed by atoms with Gasteiger partial charge in [0.15, 0.2) is 5.60 Å². The predicted molar refractivity (Wildman–Crippen MR) is 113 cm³/mol. The molecule has 4 heterocycles. The zero-order chi connectivity index (χ0) is 20.9. The maximum Gasteiger partial charge on any atom is 0.272 e. The van der Waals surface area contributed by atoms with Gasteiger partial charge in [0.2, 0.25) is 0 Å². The Morgan fingerprint density at radius 2 is 1.97 bits per heavy atom. The van der Waals surface area contributed by atoms with E-state index in [2.05, 4.69) is 29.6 Å². The Labute approximate surface area is 176 Å². The molecule has 1 spiro atoms. The van der Waals surface area contributed by atoms with Gasteiger partial charge in [-0.15, -0.1) is 0 Å². The van der Waals surface area contributed by atoms with E-state index in [1.54, 1.807) is 24.0 Å². The molecule has 2 aromatic heterocycles. The average Bonchev–Trinajstić information content (AvgIpc) is 3.35. The third kappa shape index (κ3) is 2.91. The molecule has 0 aliphatic carbocycles. The summed E-state index contributed by atoms with van der Waals surface area (Å²) in [4.78, 5) is 19.7. The third-order valence-electron chi connectivity index (χ3n) is 6.18. The molecule has 30 heavy (non-hydrogen) atoms. The van der Waals surface area contributed by atoms with Crippen molar-refractivity contribution in [3.63, 3.8) is 0 Å². The fourth-order valence-corrected chi connectivity index (χ4v) is 4.75. The lowest BCUT2D eigenvalue weighted by Gasteiger charge is -2.44. The van der Waals surface area contributed by atoms with Gasteiger partial charge in [0, 0.05) is 51.3 Å². The summed E-state index contributed by atoms with van der Waals surface area (Å²) in [6.45, 7) is 6.60. The number of piperidine rings is 1. The summed E-state index contributed by atoms with van der Waals surface area (Å²) in [5.74, 6) is 1.41. The molecule has 1 aromatic carbocycles. The fraction of sp³-hybridized carbons (Fsp3) is 0.435. The van der Waals surface area contributed by atoms with Crippen LogP contribution >= 0.6 is 0 Å². The van der Waals surface area contributed by atoms with Crippen molar-refractivity contribution in [1.82, 2.24) is 24.2 Å². The van der Waals surface area contributed by atoms with Crippen molar-refractivity contribution < 1.29 is 9.53 Å². The molecule has 7 heteroatoms. The molecule has 1 fully saturated rings. The molecule has 0 radical (unpaired) electrons. The first kappa shape index (κ1) is 18.9. The highest BCUT2D eigenvalue weighted by Crippen LogP contribution is 2.49. The van der Waals surface area contributed by atoms with E-state index in [9.17, 15) is 4.79 Å². The van der Waals surface area contributed by atoms with E-state index in [0.29, 0.717) is 24.7 Å². The number of imidazole rings is 1. The second-order valence-corrected chi connectivity index (χ2v) is 8.71. The summed E-state index contributed by atoms with van der Waals surface area (Å²) < 4.78 is 10.6.